The topological polar surface area (TPSA) is 133 Å². The molecular weight excluding hydrogens is 619 g/mol. The van der Waals surface area contributed by atoms with E-state index < -0.39 is 11.4 Å². The number of fused-ring (bicyclic) bond motifs is 2. The van der Waals surface area contributed by atoms with Crippen molar-refractivity contribution in [3.05, 3.63) is 75.0 Å². The third-order valence-corrected chi connectivity index (χ3v) is 9.35. The molecule has 0 radical (unpaired) electrons. The van der Waals surface area contributed by atoms with E-state index in [0.29, 0.717) is 51.0 Å². The third-order valence-electron chi connectivity index (χ3n) is 8.70. The molecule has 2 aliphatic rings. The van der Waals surface area contributed by atoms with Crippen molar-refractivity contribution in [3.63, 3.8) is 0 Å². The van der Waals surface area contributed by atoms with E-state index in [4.69, 9.17) is 27.9 Å². The molecular formula is C31H30Cl2N8O4. The number of halogens is 2. The van der Waals surface area contributed by atoms with Crippen molar-refractivity contribution < 1.29 is 14.6 Å². The summed E-state index contributed by atoms with van der Waals surface area (Å²) in [6.07, 6.45) is 7.99. The van der Waals surface area contributed by atoms with E-state index in [1.54, 1.807) is 29.4 Å². The smallest absolute Gasteiger partial charge is 0.341 e. The highest BCUT2D eigenvalue weighted by atomic mass is 35.5. The van der Waals surface area contributed by atoms with Crippen molar-refractivity contribution in [1.29, 1.82) is 0 Å². The zero-order chi connectivity index (χ0) is 31.4. The highest BCUT2D eigenvalue weighted by Gasteiger charge is 2.30. The van der Waals surface area contributed by atoms with Crippen LogP contribution in [0.2, 0.25) is 10.0 Å². The number of nitrogens with zero attached hydrogens (tertiary/aromatic N) is 7. The van der Waals surface area contributed by atoms with Gasteiger partial charge in [-0.05, 0) is 51.2 Å². The average molecular weight is 650 g/mol. The van der Waals surface area contributed by atoms with Gasteiger partial charge in [0, 0.05) is 37.3 Å². The van der Waals surface area contributed by atoms with E-state index in [1.807, 2.05) is 18.2 Å². The molecule has 0 saturated carbocycles. The molecule has 2 fully saturated rings. The third kappa shape index (κ3) is 5.22. The molecule has 5 aromatic rings. The van der Waals surface area contributed by atoms with E-state index in [-0.39, 0.29) is 17.0 Å². The first kappa shape index (κ1) is 29.3. The van der Waals surface area contributed by atoms with E-state index >= 15 is 0 Å². The van der Waals surface area contributed by atoms with Crippen molar-refractivity contribution in [3.8, 4) is 11.6 Å². The number of ether oxygens (including phenoxy) is 1. The van der Waals surface area contributed by atoms with Crippen LogP contribution >= 0.6 is 23.2 Å². The molecule has 0 bridgehead atoms. The molecule has 2 aliphatic heterocycles. The number of anilines is 2. The van der Waals surface area contributed by atoms with Gasteiger partial charge in [-0.1, -0.05) is 23.2 Å². The first-order valence-corrected chi connectivity index (χ1v) is 15.3. The Morgan fingerprint density at radius 3 is 2.71 bits per heavy atom. The molecule has 1 atom stereocenters. The first-order chi connectivity index (χ1) is 21.7. The van der Waals surface area contributed by atoms with Crippen LogP contribution in [-0.2, 0) is 0 Å². The number of hydrogen-bond acceptors (Lipinski definition) is 9. The quantitative estimate of drug-likeness (QED) is 0.248. The number of rotatable bonds is 8. The van der Waals surface area contributed by atoms with Gasteiger partial charge in [-0.25, -0.2) is 19.7 Å². The van der Waals surface area contributed by atoms with Crippen molar-refractivity contribution in [1.82, 2.24) is 29.4 Å². The number of nitrogens with one attached hydrogen (secondary N) is 1. The fourth-order valence-electron chi connectivity index (χ4n) is 6.06. The summed E-state index contributed by atoms with van der Waals surface area (Å²) in [5.74, 6) is -0.174. The lowest BCUT2D eigenvalue weighted by Crippen LogP contribution is -2.57. The number of aromatic carboxylic acids is 1. The van der Waals surface area contributed by atoms with Crippen LogP contribution in [0, 0.1) is 0 Å². The summed E-state index contributed by atoms with van der Waals surface area (Å²) in [7, 11) is 4.12. The summed E-state index contributed by atoms with van der Waals surface area (Å²) in [5.41, 5.74) is 2.23. The molecule has 232 valence electrons. The van der Waals surface area contributed by atoms with Gasteiger partial charge in [-0.15, -0.1) is 0 Å². The minimum atomic E-state index is -1.31. The SMILES string of the molecule is CN(C)C1CN(c2ccc(-n3cc(C(=O)O)c(=O)c4cc(Cl)c(N5CCC[C@@H]5COc5ncc6[nH]cnc6c5Cl)cc43)cn2)C1. The standard InChI is InChI=1S/C31H30Cl2N8O4/c1-38(2)19-12-39(13-19)26-6-5-17(10-34-26)41-14-21(31(43)44)29(42)20-8-22(32)25(9-24(20)41)40-7-3-4-18(40)15-45-30-27(33)28-23(11-35-30)36-16-37-28/h5-6,8-11,14,16,18-19H,3-4,7,12-13,15H2,1-2H3,(H,36,37)(H,43,44)/t18-/m1/s1. The minimum Gasteiger partial charge on any atom is -0.477 e. The number of aromatic amines is 1. The summed E-state index contributed by atoms with van der Waals surface area (Å²) in [4.78, 5) is 48.1. The van der Waals surface area contributed by atoms with Gasteiger partial charge in [-0.3, -0.25) is 4.79 Å². The fraction of sp³-hybridized carbons (Fsp3) is 0.323. The molecule has 4 aromatic heterocycles. The molecule has 2 N–H and O–H groups in total. The average Bonchev–Trinajstić information content (AvgIpc) is 3.67. The summed E-state index contributed by atoms with van der Waals surface area (Å²) in [6.45, 7) is 2.78. The molecule has 0 unspecified atom stereocenters. The molecule has 6 heterocycles. The van der Waals surface area contributed by atoms with Crippen LogP contribution in [-0.4, -0.2) is 92.9 Å². The van der Waals surface area contributed by atoms with Crippen LogP contribution in [0.15, 0.2) is 54.0 Å². The second-order valence-electron chi connectivity index (χ2n) is 11.6. The van der Waals surface area contributed by atoms with Crippen LogP contribution in [0.3, 0.4) is 0 Å². The number of pyridine rings is 3. The molecule has 7 rings (SSSR count). The lowest BCUT2D eigenvalue weighted by molar-refractivity contribution is 0.0695. The van der Waals surface area contributed by atoms with Gasteiger partial charge in [0.25, 0.3) is 0 Å². The Kier molecular flexibility index (Phi) is 7.50. The van der Waals surface area contributed by atoms with E-state index in [9.17, 15) is 14.7 Å². The second kappa shape index (κ2) is 11.5. The summed E-state index contributed by atoms with van der Waals surface area (Å²) in [5, 5.41) is 10.7. The van der Waals surface area contributed by atoms with E-state index in [1.165, 1.54) is 6.20 Å². The van der Waals surface area contributed by atoms with E-state index in [0.717, 1.165) is 43.8 Å². The number of carboxylic acids is 1. The zero-order valence-electron chi connectivity index (χ0n) is 24.6. The summed E-state index contributed by atoms with van der Waals surface area (Å²) >= 11 is 13.3. The van der Waals surface area contributed by atoms with Gasteiger partial charge >= 0.3 is 5.97 Å². The molecule has 2 saturated heterocycles. The number of likely N-dealkylation sites (N-methyl/N-ethyl adjacent to an activating group) is 1. The molecule has 0 aliphatic carbocycles. The van der Waals surface area contributed by atoms with Crippen molar-refractivity contribution in [2.45, 2.75) is 24.9 Å². The molecule has 14 heteroatoms. The van der Waals surface area contributed by atoms with Gasteiger partial charge in [0.2, 0.25) is 11.3 Å². The van der Waals surface area contributed by atoms with E-state index in [2.05, 4.69) is 48.7 Å². The predicted molar refractivity (Wildman–Crippen MR) is 174 cm³/mol. The Balaban J connectivity index is 1.22. The summed E-state index contributed by atoms with van der Waals surface area (Å²) in [6, 6.07) is 7.62. The number of imidazole rings is 1. The van der Waals surface area contributed by atoms with Crippen LogP contribution in [0.4, 0.5) is 11.5 Å². The number of H-pyrrole nitrogens is 1. The number of carboxylic acid groups (broad SMARTS) is 1. The van der Waals surface area contributed by atoms with Crippen LogP contribution in [0.5, 0.6) is 5.88 Å². The monoisotopic (exact) mass is 648 g/mol. The minimum absolute atomic E-state index is 0.0466. The fourth-order valence-corrected chi connectivity index (χ4v) is 6.58. The molecule has 0 amide bonds. The molecule has 1 aromatic carbocycles. The largest absolute Gasteiger partial charge is 0.477 e. The first-order valence-electron chi connectivity index (χ1n) is 14.6. The number of aromatic nitrogens is 5. The van der Waals surface area contributed by atoms with Crippen molar-refractivity contribution >= 4 is 62.6 Å². The lowest BCUT2D eigenvalue weighted by Gasteiger charge is -2.43. The zero-order valence-corrected chi connectivity index (χ0v) is 26.1. The van der Waals surface area contributed by atoms with Gasteiger partial charge in [-0.2, -0.15) is 0 Å². The number of benzene rings is 1. The van der Waals surface area contributed by atoms with Crippen molar-refractivity contribution in [2.75, 3.05) is 50.1 Å². The van der Waals surface area contributed by atoms with Crippen LogP contribution in [0.25, 0.3) is 27.6 Å². The van der Waals surface area contributed by atoms with Crippen LogP contribution < -0.4 is 20.0 Å². The van der Waals surface area contributed by atoms with Crippen LogP contribution in [0.1, 0.15) is 23.2 Å². The Labute approximate surface area is 267 Å². The second-order valence-corrected chi connectivity index (χ2v) is 12.4. The highest BCUT2D eigenvalue weighted by Crippen LogP contribution is 2.36. The van der Waals surface area contributed by atoms with Gasteiger partial charge in [0.05, 0.1) is 52.2 Å². The maximum absolute atomic E-state index is 13.3. The maximum Gasteiger partial charge on any atom is 0.341 e. The normalized spacial score (nSPS) is 17.0. The number of hydrogen-bond donors (Lipinski definition) is 2. The predicted octanol–water partition coefficient (Wildman–Crippen LogP) is 4.46. The molecule has 12 nitrogen and oxygen atoms in total. The Hall–Kier alpha value is -4.39. The number of carbonyl (C=O) groups is 1. The Morgan fingerprint density at radius 2 is 1.98 bits per heavy atom. The van der Waals surface area contributed by atoms with Gasteiger partial charge in [0.15, 0.2) is 0 Å². The Bertz CT molecular complexity index is 1990. The Morgan fingerprint density at radius 1 is 1.16 bits per heavy atom. The highest BCUT2D eigenvalue weighted by molar-refractivity contribution is 6.36. The summed E-state index contributed by atoms with van der Waals surface area (Å²) < 4.78 is 7.77. The van der Waals surface area contributed by atoms with Crippen molar-refractivity contribution in [2.24, 2.45) is 0 Å². The maximum atomic E-state index is 13.3. The van der Waals surface area contributed by atoms with Gasteiger partial charge in [0.1, 0.15) is 28.5 Å². The molecule has 0 spiro atoms. The van der Waals surface area contributed by atoms with Gasteiger partial charge < -0.3 is 34.1 Å². The lowest BCUT2D eigenvalue weighted by atomic mass is 10.1. The molecule has 45 heavy (non-hydrogen) atoms.